The van der Waals surface area contributed by atoms with Gasteiger partial charge in [0, 0.05) is 31.6 Å². The molecule has 0 bridgehead atoms. The number of aryl methyl sites for hydroxylation is 1. The minimum absolute atomic E-state index is 0.0174. The number of fused-ring (bicyclic) bond motifs is 1. The Hall–Kier alpha value is -2.22. The van der Waals surface area contributed by atoms with E-state index in [-0.39, 0.29) is 11.7 Å². The Bertz CT molecular complexity index is 866. The summed E-state index contributed by atoms with van der Waals surface area (Å²) in [5, 5.41) is 4.42. The van der Waals surface area contributed by atoms with Crippen molar-refractivity contribution in [1.29, 1.82) is 0 Å². The Labute approximate surface area is 156 Å². The number of carbonyl (C=O) groups excluding carboxylic acids is 1. The van der Waals surface area contributed by atoms with Gasteiger partial charge in [-0.05, 0) is 32.4 Å². The topological polar surface area (TPSA) is 69.4 Å². The van der Waals surface area contributed by atoms with Crippen LogP contribution >= 0.6 is 11.8 Å². The maximum atomic E-state index is 12.3. The first kappa shape index (κ1) is 18.6. The van der Waals surface area contributed by atoms with E-state index in [9.17, 15) is 9.59 Å². The van der Waals surface area contributed by atoms with Crippen molar-refractivity contribution in [2.24, 2.45) is 7.05 Å². The van der Waals surface area contributed by atoms with E-state index in [2.05, 4.69) is 5.10 Å². The number of amides is 1. The van der Waals surface area contributed by atoms with Crippen LogP contribution in [0.15, 0.2) is 34.2 Å². The average molecular weight is 376 g/mol. The molecule has 3 rings (SSSR count). The van der Waals surface area contributed by atoms with Crippen molar-refractivity contribution in [2.75, 3.05) is 6.54 Å². The minimum Gasteiger partial charge on any atom is -0.444 e. The molecule has 0 fully saturated rings. The van der Waals surface area contributed by atoms with Gasteiger partial charge in [-0.25, -0.2) is 4.79 Å². The zero-order valence-electron chi connectivity index (χ0n) is 15.6. The molecule has 26 heavy (non-hydrogen) atoms. The lowest BCUT2D eigenvalue weighted by atomic mass is 10.2. The lowest BCUT2D eigenvalue weighted by Gasteiger charge is -2.30. The number of nitrogens with zero attached hydrogens (tertiary/aromatic N) is 4. The molecule has 7 nitrogen and oxygen atoms in total. The van der Waals surface area contributed by atoms with Crippen molar-refractivity contribution < 1.29 is 9.53 Å². The molecule has 0 saturated carbocycles. The van der Waals surface area contributed by atoms with Crippen LogP contribution in [0.1, 0.15) is 32.0 Å². The molecule has 0 aromatic carbocycles. The first-order valence-electron chi connectivity index (χ1n) is 8.54. The largest absolute Gasteiger partial charge is 0.444 e. The molecule has 8 heteroatoms. The van der Waals surface area contributed by atoms with Crippen molar-refractivity contribution in [3.63, 3.8) is 0 Å². The lowest BCUT2D eigenvalue weighted by Crippen LogP contribution is -2.41. The van der Waals surface area contributed by atoms with Crippen LogP contribution in [0.4, 0.5) is 4.79 Å². The molecular formula is C18H24N4O3S. The highest BCUT2D eigenvalue weighted by Crippen LogP contribution is 2.29. The Morgan fingerprint density at radius 1 is 1.35 bits per heavy atom. The van der Waals surface area contributed by atoms with E-state index in [4.69, 9.17) is 4.74 Å². The molecule has 3 heterocycles. The molecular weight excluding hydrogens is 352 g/mol. The van der Waals surface area contributed by atoms with Gasteiger partial charge >= 0.3 is 6.09 Å². The third kappa shape index (κ3) is 4.30. The van der Waals surface area contributed by atoms with Gasteiger partial charge in [-0.1, -0.05) is 0 Å². The summed E-state index contributed by atoms with van der Waals surface area (Å²) in [6.45, 7) is 7.32. The molecule has 1 amide bonds. The van der Waals surface area contributed by atoms with Gasteiger partial charge in [0.05, 0.1) is 29.9 Å². The van der Waals surface area contributed by atoms with Gasteiger partial charge in [0.1, 0.15) is 5.60 Å². The average Bonchev–Trinajstić information content (AvgIpc) is 2.96. The van der Waals surface area contributed by atoms with Crippen LogP contribution in [-0.4, -0.2) is 37.5 Å². The van der Waals surface area contributed by atoms with Crippen molar-refractivity contribution >= 4 is 17.9 Å². The Balaban J connectivity index is 1.69. The summed E-state index contributed by atoms with van der Waals surface area (Å²) in [5.74, 6) is 0.682. The Morgan fingerprint density at radius 3 is 2.81 bits per heavy atom. The van der Waals surface area contributed by atoms with E-state index in [0.717, 1.165) is 16.2 Å². The van der Waals surface area contributed by atoms with Crippen LogP contribution in [0.3, 0.4) is 0 Å². The summed E-state index contributed by atoms with van der Waals surface area (Å²) in [6, 6.07) is 3.59. The molecule has 0 radical (unpaired) electrons. The van der Waals surface area contributed by atoms with Gasteiger partial charge in [0.15, 0.2) is 0 Å². The van der Waals surface area contributed by atoms with Crippen LogP contribution < -0.4 is 5.56 Å². The molecule has 0 atom stereocenters. The van der Waals surface area contributed by atoms with E-state index in [1.54, 1.807) is 40.5 Å². The number of pyridine rings is 1. The standard InChI is InChI=1S/C18H24N4O3S/c1-18(2,3)25-17(24)21-7-8-22-14(11-21)15(10-19-22)26-12-13-5-6-20(4)16(23)9-13/h5-6,9-10H,7-8,11-12H2,1-4H3. The minimum atomic E-state index is -0.508. The molecule has 1 aliphatic heterocycles. The van der Waals surface area contributed by atoms with Crippen molar-refractivity contribution in [3.8, 4) is 0 Å². The summed E-state index contributed by atoms with van der Waals surface area (Å²) < 4.78 is 8.96. The van der Waals surface area contributed by atoms with Crippen LogP contribution in [0.5, 0.6) is 0 Å². The molecule has 2 aromatic heterocycles. The van der Waals surface area contributed by atoms with E-state index in [0.29, 0.717) is 25.4 Å². The molecule has 2 aromatic rings. The number of thioether (sulfide) groups is 1. The second-order valence-electron chi connectivity index (χ2n) is 7.35. The highest BCUT2D eigenvalue weighted by molar-refractivity contribution is 7.98. The normalized spacial score (nSPS) is 14.2. The smallest absolute Gasteiger partial charge is 0.410 e. The van der Waals surface area contributed by atoms with Gasteiger partial charge in [-0.3, -0.25) is 9.48 Å². The zero-order chi connectivity index (χ0) is 18.9. The highest BCUT2D eigenvalue weighted by atomic mass is 32.2. The summed E-state index contributed by atoms with van der Waals surface area (Å²) >= 11 is 1.63. The van der Waals surface area contributed by atoms with Gasteiger partial charge in [0.2, 0.25) is 0 Å². The van der Waals surface area contributed by atoms with Crippen LogP contribution in [0.25, 0.3) is 0 Å². The summed E-state index contributed by atoms with van der Waals surface area (Å²) in [4.78, 5) is 26.8. The number of hydrogen-bond donors (Lipinski definition) is 0. The Kier molecular flexibility index (Phi) is 5.13. The molecule has 0 saturated heterocycles. The van der Waals surface area contributed by atoms with Gasteiger partial charge < -0.3 is 14.2 Å². The highest BCUT2D eigenvalue weighted by Gasteiger charge is 2.27. The first-order valence-corrected chi connectivity index (χ1v) is 9.52. The fourth-order valence-electron chi connectivity index (χ4n) is 2.66. The van der Waals surface area contributed by atoms with Gasteiger partial charge in [-0.2, -0.15) is 5.10 Å². The molecule has 0 unspecified atom stereocenters. The number of carbonyl (C=O) groups is 1. The molecule has 1 aliphatic rings. The van der Waals surface area contributed by atoms with Gasteiger partial charge in [-0.15, -0.1) is 11.8 Å². The van der Waals surface area contributed by atoms with Crippen molar-refractivity contribution in [2.45, 2.75) is 50.1 Å². The monoisotopic (exact) mass is 376 g/mol. The maximum Gasteiger partial charge on any atom is 0.410 e. The lowest BCUT2D eigenvalue weighted by molar-refractivity contribution is 0.0192. The number of hydrogen-bond acceptors (Lipinski definition) is 5. The van der Waals surface area contributed by atoms with Crippen LogP contribution in [0.2, 0.25) is 0 Å². The predicted molar refractivity (Wildman–Crippen MR) is 100 cm³/mol. The molecule has 0 spiro atoms. The fraction of sp³-hybridized carbons (Fsp3) is 0.500. The summed E-state index contributed by atoms with van der Waals surface area (Å²) in [7, 11) is 1.73. The van der Waals surface area contributed by atoms with Crippen LogP contribution in [-0.2, 0) is 30.6 Å². The Morgan fingerprint density at radius 2 is 2.12 bits per heavy atom. The first-order chi connectivity index (χ1) is 12.2. The zero-order valence-corrected chi connectivity index (χ0v) is 16.4. The third-order valence-electron chi connectivity index (χ3n) is 4.05. The van der Waals surface area contributed by atoms with Crippen molar-refractivity contribution in [3.05, 3.63) is 46.1 Å². The van der Waals surface area contributed by atoms with Crippen LogP contribution in [0, 0.1) is 0 Å². The van der Waals surface area contributed by atoms with E-state index >= 15 is 0 Å². The van der Waals surface area contributed by atoms with Gasteiger partial charge in [0.25, 0.3) is 5.56 Å². The summed E-state index contributed by atoms with van der Waals surface area (Å²) in [5.41, 5.74) is 1.45. The number of rotatable bonds is 3. The summed E-state index contributed by atoms with van der Waals surface area (Å²) in [6.07, 6.45) is 3.31. The predicted octanol–water partition coefficient (Wildman–Crippen LogP) is 2.62. The number of ether oxygens (including phenoxy) is 1. The maximum absolute atomic E-state index is 12.3. The second kappa shape index (κ2) is 7.19. The van der Waals surface area contributed by atoms with E-state index < -0.39 is 5.60 Å². The quantitative estimate of drug-likeness (QED) is 0.770. The van der Waals surface area contributed by atoms with E-state index in [1.165, 1.54) is 0 Å². The SMILES string of the molecule is Cn1ccc(CSc2cnn3c2CN(C(=O)OC(C)(C)C)CC3)cc1=O. The molecule has 0 aliphatic carbocycles. The number of aromatic nitrogens is 3. The fourth-order valence-corrected chi connectivity index (χ4v) is 3.62. The van der Waals surface area contributed by atoms with Crippen molar-refractivity contribution in [1.82, 2.24) is 19.2 Å². The third-order valence-corrected chi connectivity index (χ3v) is 5.18. The molecule has 0 N–H and O–H groups in total. The second-order valence-corrected chi connectivity index (χ2v) is 8.37. The van der Waals surface area contributed by atoms with E-state index in [1.807, 2.05) is 37.7 Å². The molecule has 140 valence electrons.